The van der Waals surface area contributed by atoms with E-state index in [0.29, 0.717) is 0 Å². The lowest BCUT2D eigenvalue weighted by Gasteiger charge is -2.09. The summed E-state index contributed by atoms with van der Waals surface area (Å²) in [5.74, 6) is 0.957. The van der Waals surface area contributed by atoms with Crippen molar-refractivity contribution in [2.45, 2.75) is 24.3 Å². The average molecular weight is 261 g/mol. The lowest BCUT2D eigenvalue weighted by Crippen LogP contribution is -2.14. The highest BCUT2D eigenvalue weighted by Crippen LogP contribution is 2.23. The molecule has 2 rings (SSSR count). The van der Waals surface area contributed by atoms with Crippen molar-refractivity contribution < 1.29 is 4.79 Å². The molecule has 0 bridgehead atoms. The van der Waals surface area contributed by atoms with Gasteiger partial charge in [-0.3, -0.25) is 4.79 Å². The maximum Gasteiger partial charge on any atom is 0.191 e. The molecule has 0 unspecified atom stereocenters. The minimum absolute atomic E-state index is 0.112. The summed E-state index contributed by atoms with van der Waals surface area (Å²) in [6.45, 7) is 3.78. The molecule has 5 heteroatoms. The Hall–Kier alpha value is -1.62. The molecule has 0 fully saturated rings. The SMILES string of the molecule is Cc1nnc(S[C@@H](C)C(=O)c2ccccc2)n1C. The molecule has 4 nitrogen and oxygen atoms in total. The van der Waals surface area contributed by atoms with Gasteiger partial charge < -0.3 is 4.57 Å². The van der Waals surface area contributed by atoms with Crippen molar-refractivity contribution in [3.8, 4) is 0 Å². The standard InChI is InChI=1S/C13H15N3OS/c1-9(12(17)11-7-5-4-6-8-11)18-13-15-14-10(2)16(13)3/h4-9H,1-3H3/t9-/m0/s1. The zero-order valence-corrected chi connectivity index (χ0v) is 11.4. The molecule has 1 atom stereocenters. The van der Waals surface area contributed by atoms with Crippen molar-refractivity contribution in [2.75, 3.05) is 0 Å². The lowest BCUT2D eigenvalue weighted by atomic mass is 10.1. The highest BCUT2D eigenvalue weighted by Gasteiger charge is 2.19. The van der Waals surface area contributed by atoms with Gasteiger partial charge in [-0.1, -0.05) is 42.1 Å². The van der Waals surface area contributed by atoms with E-state index in [4.69, 9.17) is 0 Å². The van der Waals surface area contributed by atoms with Crippen LogP contribution in [0.15, 0.2) is 35.5 Å². The molecule has 0 saturated heterocycles. The van der Waals surface area contributed by atoms with Crippen LogP contribution in [0.1, 0.15) is 23.1 Å². The summed E-state index contributed by atoms with van der Waals surface area (Å²) in [5.41, 5.74) is 0.733. The molecule has 0 aliphatic heterocycles. The van der Waals surface area contributed by atoms with Gasteiger partial charge in [-0.15, -0.1) is 10.2 Å². The van der Waals surface area contributed by atoms with Gasteiger partial charge in [0.25, 0.3) is 0 Å². The third kappa shape index (κ3) is 2.61. The van der Waals surface area contributed by atoms with Crippen molar-refractivity contribution in [1.29, 1.82) is 0 Å². The molecule has 18 heavy (non-hydrogen) atoms. The van der Waals surface area contributed by atoms with Crippen LogP contribution < -0.4 is 0 Å². The molecule has 0 spiro atoms. The summed E-state index contributed by atoms with van der Waals surface area (Å²) < 4.78 is 1.89. The van der Waals surface area contributed by atoms with Gasteiger partial charge in [0.2, 0.25) is 0 Å². The molecular weight excluding hydrogens is 246 g/mol. The van der Waals surface area contributed by atoms with Crippen molar-refractivity contribution in [3.05, 3.63) is 41.7 Å². The second-order valence-corrected chi connectivity index (χ2v) is 5.39. The van der Waals surface area contributed by atoms with Gasteiger partial charge in [-0.05, 0) is 13.8 Å². The van der Waals surface area contributed by atoms with Gasteiger partial charge in [-0.2, -0.15) is 0 Å². The minimum Gasteiger partial charge on any atom is -0.309 e. The van der Waals surface area contributed by atoms with E-state index >= 15 is 0 Å². The second kappa shape index (κ2) is 5.35. The number of carbonyl (C=O) groups is 1. The maximum absolute atomic E-state index is 12.2. The number of hydrogen-bond donors (Lipinski definition) is 0. The van der Waals surface area contributed by atoms with E-state index in [9.17, 15) is 4.79 Å². The first-order valence-electron chi connectivity index (χ1n) is 5.71. The number of aromatic nitrogens is 3. The van der Waals surface area contributed by atoms with Gasteiger partial charge >= 0.3 is 0 Å². The summed E-state index contributed by atoms with van der Waals surface area (Å²) in [6, 6.07) is 9.32. The first-order chi connectivity index (χ1) is 8.59. The number of hydrogen-bond acceptors (Lipinski definition) is 4. The summed E-state index contributed by atoms with van der Waals surface area (Å²) in [6.07, 6.45) is 0. The van der Waals surface area contributed by atoms with E-state index in [1.165, 1.54) is 11.8 Å². The highest BCUT2D eigenvalue weighted by molar-refractivity contribution is 8.00. The number of benzene rings is 1. The molecule has 0 N–H and O–H groups in total. The molecule has 0 amide bonds. The first kappa shape index (κ1) is 12.8. The number of rotatable bonds is 4. The van der Waals surface area contributed by atoms with Crippen LogP contribution in [-0.4, -0.2) is 25.8 Å². The Balaban J connectivity index is 2.11. The van der Waals surface area contributed by atoms with Crippen LogP contribution in [-0.2, 0) is 7.05 Å². The predicted octanol–water partition coefficient (Wildman–Crippen LogP) is 2.49. The third-order valence-corrected chi connectivity index (χ3v) is 3.90. The zero-order chi connectivity index (χ0) is 13.1. The monoisotopic (exact) mass is 261 g/mol. The normalized spacial score (nSPS) is 12.4. The van der Waals surface area contributed by atoms with Crippen LogP contribution in [0.2, 0.25) is 0 Å². The molecule has 1 aromatic carbocycles. The van der Waals surface area contributed by atoms with Crippen molar-refractivity contribution in [1.82, 2.24) is 14.8 Å². The largest absolute Gasteiger partial charge is 0.309 e. The molecule has 2 aromatic rings. The number of ketones is 1. The Morgan fingerprint density at radius 3 is 2.50 bits per heavy atom. The average Bonchev–Trinajstić information content (AvgIpc) is 2.71. The van der Waals surface area contributed by atoms with Crippen LogP contribution in [0.25, 0.3) is 0 Å². The highest BCUT2D eigenvalue weighted by atomic mass is 32.2. The van der Waals surface area contributed by atoms with Crippen LogP contribution in [0.5, 0.6) is 0 Å². The first-order valence-corrected chi connectivity index (χ1v) is 6.59. The van der Waals surface area contributed by atoms with E-state index < -0.39 is 0 Å². The van der Waals surface area contributed by atoms with Crippen molar-refractivity contribution >= 4 is 17.5 Å². The summed E-state index contributed by atoms with van der Waals surface area (Å²) in [4.78, 5) is 12.2. The van der Waals surface area contributed by atoms with E-state index in [-0.39, 0.29) is 11.0 Å². The fourth-order valence-corrected chi connectivity index (χ4v) is 2.48. The predicted molar refractivity (Wildman–Crippen MR) is 71.8 cm³/mol. The summed E-state index contributed by atoms with van der Waals surface area (Å²) in [5, 5.41) is 8.63. The summed E-state index contributed by atoms with van der Waals surface area (Å²) in [7, 11) is 1.90. The molecule has 0 radical (unpaired) electrons. The van der Waals surface area contributed by atoms with Crippen LogP contribution in [0, 0.1) is 6.92 Å². The molecule has 0 aliphatic rings. The second-order valence-electron chi connectivity index (χ2n) is 4.08. The van der Waals surface area contributed by atoms with Gasteiger partial charge in [0.15, 0.2) is 10.9 Å². The van der Waals surface area contributed by atoms with Gasteiger partial charge in [-0.25, -0.2) is 0 Å². The number of carbonyl (C=O) groups excluding carboxylic acids is 1. The lowest BCUT2D eigenvalue weighted by molar-refractivity contribution is 0.0994. The fraction of sp³-hybridized carbons (Fsp3) is 0.308. The smallest absolute Gasteiger partial charge is 0.191 e. The molecule has 1 heterocycles. The van der Waals surface area contributed by atoms with Crippen LogP contribution in [0.4, 0.5) is 0 Å². The van der Waals surface area contributed by atoms with Crippen LogP contribution >= 0.6 is 11.8 Å². The minimum atomic E-state index is -0.172. The molecular formula is C13H15N3OS. The molecule has 0 aliphatic carbocycles. The van der Waals surface area contributed by atoms with E-state index in [0.717, 1.165) is 16.5 Å². The zero-order valence-electron chi connectivity index (χ0n) is 10.6. The quantitative estimate of drug-likeness (QED) is 0.626. The maximum atomic E-state index is 12.2. The Kier molecular flexibility index (Phi) is 3.81. The van der Waals surface area contributed by atoms with Gasteiger partial charge in [0.05, 0.1) is 5.25 Å². The van der Waals surface area contributed by atoms with Crippen molar-refractivity contribution in [2.24, 2.45) is 7.05 Å². The van der Waals surface area contributed by atoms with Crippen LogP contribution in [0.3, 0.4) is 0 Å². The Labute approximate surface area is 110 Å². The summed E-state index contributed by atoms with van der Waals surface area (Å²) >= 11 is 1.43. The molecule has 94 valence electrons. The Morgan fingerprint density at radius 2 is 1.94 bits per heavy atom. The fourth-order valence-electron chi connectivity index (χ4n) is 1.54. The number of thioether (sulfide) groups is 1. The molecule has 0 saturated carbocycles. The molecule has 1 aromatic heterocycles. The number of aryl methyl sites for hydroxylation is 1. The Morgan fingerprint density at radius 1 is 1.28 bits per heavy atom. The Bertz CT molecular complexity index is 551. The number of nitrogens with zero attached hydrogens (tertiary/aromatic N) is 3. The van der Waals surface area contributed by atoms with E-state index in [1.54, 1.807) is 0 Å². The van der Waals surface area contributed by atoms with Gasteiger partial charge in [0.1, 0.15) is 5.82 Å². The topological polar surface area (TPSA) is 47.8 Å². The third-order valence-electron chi connectivity index (χ3n) is 2.76. The van der Waals surface area contributed by atoms with Crippen molar-refractivity contribution in [3.63, 3.8) is 0 Å². The van der Waals surface area contributed by atoms with Gasteiger partial charge in [0, 0.05) is 12.6 Å². The van der Waals surface area contributed by atoms with E-state index in [2.05, 4.69) is 10.2 Å². The van der Waals surface area contributed by atoms with E-state index in [1.807, 2.05) is 55.8 Å². The number of Topliss-reactive ketones (excluding diaryl/α,β-unsaturated/α-hetero) is 1.